The Morgan fingerprint density at radius 3 is 1.08 bits per heavy atom. The van der Waals surface area contributed by atoms with Gasteiger partial charge in [-0.15, -0.1) is 0 Å². The zero-order chi connectivity index (χ0) is 55.5. The fraction of sp³-hybridized carbons (Fsp3) is 0.643. The lowest BCUT2D eigenvalue weighted by Gasteiger charge is -2.29. The number of rotatable bonds is 31. The molecule has 0 radical (unpaired) electrons. The van der Waals surface area contributed by atoms with Gasteiger partial charge in [0.2, 0.25) is 29.5 Å². The zero-order valence-corrected chi connectivity index (χ0v) is 46.4. The molecule has 7 amide bonds. The second kappa shape index (κ2) is 32.9. The number of carbonyl (C=O) groups excluding carboxylic acids is 8. The molecule has 18 nitrogen and oxygen atoms in total. The van der Waals surface area contributed by atoms with Crippen LogP contribution >= 0.6 is 0 Å². The van der Waals surface area contributed by atoms with Crippen molar-refractivity contribution in [1.82, 2.24) is 37.2 Å². The Morgan fingerprint density at radius 2 is 0.743 bits per heavy atom. The maximum absolute atomic E-state index is 14.3. The number of amides is 7. The molecule has 0 bridgehead atoms. The van der Waals surface area contributed by atoms with E-state index in [0.717, 1.165) is 11.1 Å². The van der Waals surface area contributed by atoms with Crippen molar-refractivity contribution < 1.29 is 52.6 Å². The molecule has 0 heterocycles. The molecule has 0 saturated heterocycles. The number of nitrogens with one attached hydrogen (secondary N) is 7. The van der Waals surface area contributed by atoms with Gasteiger partial charge in [0, 0.05) is 6.54 Å². The van der Waals surface area contributed by atoms with Crippen LogP contribution in [0.3, 0.4) is 0 Å². The van der Waals surface area contributed by atoms with Crippen LogP contribution in [0.4, 0.5) is 9.59 Å². The van der Waals surface area contributed by atoms with E-state index in [1.54, 1.807) is 20.8 Å². The first-order chi connectivity index (χ1) is 34.7. The van der Waals surface area contributed by atoms with E-state index in [0.29, 0.717) is 12.8 Å². The smallest absolute Gasteiger partial charge is 0.408 e. The summed E-state index contributed by atoms with van der Waals surface area (Å²) in [4.78, 5) is 109. The lowest BCUT2D eigenvalue weighted by molar-refractivity contribution is -0.149. The van der Waals surface area contributed by atoms with Gasteiger partial charge in [-0.3, -0.25) is 24.0 Å². The lowest BCUT2D eigenvalue weighted by Crippen LogP contribution is -2.60. The molecule has 0 spiro atoms. The van der Waals surface area contributed by atoms with Gasteiger partial charge in [0.15, 0.2) is 0 Å². The Bertz CT molecular complexity index is 2060. The number of hydrogen-bond donors (Lipinski definition) is 7. The van der Waals surface area contributed by atoms with Crippen molar-refractivity contribution in [2.24, 2.45) is 29.6 Å². The Labute approximate surface area is 440 Å². The second-order valence-electron chi connectivity index (χ2n) is 22.2. The molecular formula is C56H89N7O11. The van der Waals surface area contributed by atoms with Crippen molar-refractivity contribution in [2.45, 2.75) is 196 Å². The van der Waals surface area contributed by atoms with E-state index >= 15 is 0 Å². The van der Waals surface area contributed by atoms with Crippen LogP contribution in [0.25, 0.3) is 0 Å². The number of esters is 1. The summed E-state index contributed by atoms with van der Waals surface area (Å²) in [6.07, 6.45) is 0.757. The zero-order valence-electron chi connectivity index (χ0n) is 46.4. The van der Waals surface area contributed by atoms with E-state index in [1.807, 2.05) is 130 Å². The first-order valence-corrected chi connectivity index (χ1v) is 26.4. The first-order valence-electron chi connectivity index (χ1n) is 26.4. The second-order valence-corrected chi connectivity index (χ2v) is 22.2. The van der Waals surface area contributed by atoms with E-state index in [-0.39, 0.29) is 87.9 Å². The van der Waals surface area contributed by atoms with E-state index < -0.39 is 89.5 Å². The molecular weight excluding hydrogens is 947 g/mol. The molecule has 0 saturated carbocycles. The Morgan fingerprint density at radius 1 is 0.419 bits per heavy atom. The van der Waals surface area contributed by atoms with Crippen LogP contribution in [0.2, 0.25) is 0 Å². The topological polar surface area (TPSA) is 248 Å². The van der Waals surface area contributed by atoms with Crippen molar-refractivity contribution in [2.75, 3.05) is 6.54 Å². The van der Waals surface area contributed by atoms with Crippen LogP contribution in [-0.2, 0) is 56.2 Å². The summed E-state index contributed by atoms with van der Waals surface area (Å²) in [5.74, 6) is -4.05. The van der Waals surface area contributed by atoms with Crippen LogP contribution in [0.5, 0.6) is 0 Å². The Hall–Kier alpha value is -6.20. The third-order valence-electron chi connectivity index (χ3n) is 11.3. The highest BCUT2D eigenvalue weighted by atomic mass is 16.6. The molecule has 0 aliphatic heterocycles. The summed E-state index contributed by atoms with van der Waals surface area (Å²) in [6.45, 7) is 24.4. The highest BCUT2D eigenvalue weighted by molar-refractivity contribution is 5.96. The molecule has 0 aliphatic carbocycles. The Balaban J connectivity index is 2.29. The van der Waals surface area contributed by atoms with Gasteiger partial charge in [-0.25, -0.2) is 14.4 Å². The maximum Gasteiger partial charge on any atom is 0.408 e. The predicted molar refractivity (Wildman–Crippen MR) is 285 cm³/mol. The molecule has 2 aromatic rings. The number of benzene rings is 2. The summed E-state index contributed by atoms with van der Waals surface area (Å²) >= 11 is 0. The van der Waals surface area contributed by atoms with Crippen molar-refractivity contribution in [3.8, 4) is 0 Å². The van der Waals surface area contributed by atoms with Gasteiger partial charge < -0.3 is 51.4 Å². The highest BCUT2D eigenvalue weighted by Crippen LogP contribution is 2.16. The van der Waals surface area contributed by atoms with E-state index in [9.17, 15) is 38.4 Å². The summed E-state index contributed by atoms with van der Waals surface area (Å²) < 4.78 is 16.4. The molecule has 18 heteroatoms. The average Bonchev–Trinajstić information content (AvgIpc) is 3.30. The molecule has 0 fully saturated rings. The number of carbonyl (C=O) groups is 8. The number of ether oxygens (including phenoxy) is 3. The van der Waals surface area contributed by atoms with Crippen molar-refractivity contribution >= 4 is 47.7 Å². The normalized spacial score (nSPS) is 14.0. The summed E-state index contributed by atoms with van der Waals surface area (Å²) in [7, 11) is 0. The van der Waals surface area contributed by atoms with Gasteiger partial charge in [0.1, 0.15) is 55.1 Å². The molecule has 2 aromatic carbocycles. The number of unbranched alkanes of at least 4 members (excludes halogenated alkanes) is 1. The largest absolute Gasteiger partial charge is 0.459 e. The van der Waals surface area contributed by atoms with Crippen LogP contribution in [0.15, 0.2) is 60.7 Å². The Kier molecular flexibility index (Phi) is 28.4. The number of hydrogen-bond acceptors (Lipinski definition) is 11. The van der Waals surface area contributed by atoms with Crippen molar-refractivity contribution in [3.05, 3.63) is 71.8 Å². The first kappa shape index (κ1) is 63.9. The van der Waals surface area contributed by atoms with Crippen LogP contribution in [-0.4, -0.2) is 96.1 Å². The fourth-order valence-corrected chi connectivity index (χ4v) is 7.84. The minimum atomic E-state index is -1.13. The highest BCUT2D eigenvalue weighted by Gasteiger charge is 2.35. The predicted octanol–water partition coefficient (Wildman–Crippen LogP) is 7.37. The molecule has 6 atom stereocenters. The van der Waals surface area contributed by atoms with Crippen LogP contribution in [0.1, 0.15) is 153 Å². The quantitative estimate of drug-likeness (QED) is 0.0223. The minimum Gasteiger partial charge on any atom is -0.459 e. The van der Waals surface area contributed by atoms with Crippen molar-refractivity contribution in [1.29, 1.82) is 0 Å². The van der Waals surface area contributed by atoms with E-state index in [1.165, 1.54) is 0 Å². The summed E-state index contributed by atoms with van der Waals surface area (Å²) in [5, 5.41) is 19.5. The van der Waals surface area contributed by atoms with Gasteiger partial charge in [-0.1, -0.05) is 130 Å². The summed E-state index contributed by atoms with van der Waals surface area (Å²) in [6, 6.07) is 11.8. The molecule has 414 valence electrons. The minimum absolute atomic E-state index is 0.00402. The molecule has 2 rings (SSSR count). The van der Waals surface area contributed by atoms with Gasteiger partial charge >= 0.3 is 18.2 Å². The fourth-order valence-electron chi connectivity index (χ4n) is 7.84. The van der Waals surface area contributed by atoms with Gasteiger partial charge in [-0.05, 0) is 113 Å². The standard InChI is InChI=1S/C56H89N7O11/c1-35(2)28-43(48(64)58-42(53(69)72-33-40-22-16-14-17-23-40)26-20-21-27-57-54(70)73-34-41-24-18-15-19-25-41)59-49(65)44(29-36(3)4)60-50(66)45(30-37(5)6)61-51(67)46(31-38(7)8)62-52(68)47(32-39(9)10)63-55(71)74-56(11,12)13/h14-19,22-25,35-39,42-47H,20-21,26-34H2,1-13H3,(H,57,70)(H,58,64)(H,59,65)(H,60,66)(H,61,67)(H,62,68)(H,63,71)/t42-,43-,44-,45-,46-,47-/m0/s1. The van der Waals surface area contributed by atoms with Crippen molar-refractivity contribution in [3.63, 3.8) is 0 Å². The molecule has 74 heavy (non-hydrogen) atoms. The van der Waals surface area contributed by atoms with E-state index in [2.05, 4.69) is 37.2 Å². The third-order valence-corrected chi connectivity index (χ3v) is 11.3. The van der Waals surface area contributed by atoms with Gasteiger partial charge in [-0.2, -0.15) is 0 Å². The summed E-state index contributed by atoms with van der Waals surface area (Å²) in [5.41, 5.74) is 0.797. The average molecular weight is 1040 g/mol. The maximum atomic E-state index is 14.3. The van der Waals surface area contributed by atoms with Gasteiger partial charge in [0.25, 0.3) is 0 Å². The third kappa shape index (κ3) is 27.2. The molecule has 0 aliphatic rings. The number of alkyl carbamates (subject to hydrolysis) is 2. The SMILES string of the molecule is CC(C)C[C@H](NC(=O)OC(C)(C)C)C(=O)N[C@@H](CC(C)C)C(=O)N[C@@H](CC(C)C)C(=O)N[C@@H](CC(C)C)C(=O)N[C@@H](CC(C)C)C(=O)N[C@@H](CCCCNC(=O)OCc1ccccc1)C(=O)OCc1ccccc1. The molecule has 7 N–H and O–H groups in total. The van der Waals surface area contributed by atoms with Crippen LogP contribution < -0.4 is 37.2 Å². The van der Waals surface area contributed by atoms with Crippen LogP contribution in [0, 0.1) is 29.6 Å². The molecule has 0 aromatic heterocycles. The van der Waals surface area contributed by atoms with Gasteiger partial charge in [0.05, 0.1) is 0 Å². The molecule has 0 unspecified atom stereocenters. The monoisotopic (exact) mass is 1040 g/mol. The lowest BCUT2D eigenvalue weighted by atomic mass is 9.97. The van der Waals surface area contributed by atoms with E-state index in [4.69, 9.17) is 14.2 Å².